The van der Waals surface area contributed by atoms with Crippen LogP contribution in [0.25, 0.3) is 0 Å². The summed E-state index contributed by atoms with van der Waals surface area (Å²) in [5.41, 5.74) is 2.63. The Kier molecular flexibility index (Phi) is 20.8. The molecule has 4 aliphatic heterocycles. The maximum atomic E-state index is 14.6. The fraction of sp³-hybridized carbons (Fsp3) is 0.518. The molecule has 79 heavy (non-hydrogen) atoms. The summed E-state index contributed by atoms with van der Waals surface area (Å²) in [6.45, 7) is 21.2. The van der Waals surface area contributed by atoms with Crippen molar-refractivity contribution in [3.05, 3.63) is 83.2 Å². The molecule has 430 valence electrons. The summed E-state index contributed by atoms with van der Waals surface area (Å²) in [5.74, 6) is -1.76. The minimum Gasteiger partial charge on any atom is -0.493 e. The van der Waals surface area contributed by atoms with Gasteiger partial charge in [-0.15, -0.1) is 0 Å². The molecule has 4 aliphatic rings. The summed E-state index contributed by atoms with van der Waals surface area (Å²) < 4.78 is 36.4. The molecule has 0 radical (unpaired) electrons. The van der Waals surface area contributed by atoms with E-state index in [1.54, 1.807) is 62.7 Å². The molecular formula is C56H79N7O14Si2. The van der Waals surface area contributed by atoms with Crippen LogP contribution in [0.4, 0.5) is 16.2 Å². The zero-order chi connectivity index (χ0) is 57.9. The number of hydrogen-bond donors (Lipinski definition) is 4. The lowest BCUT2D eigenvalue weighted by atomic mass is 10.0. The average molecular weight is 1130 g/mol. The van der Waals surface area contributed by atoms with Crippen molar-refractivity contribution < 1.29 is 67.1 Å². The van der Waals surface area contributed by atoms with Crippen LogP contribution in [0.5, 0.6) is 23.0 Å². The number of hydrogen-bond acceptors (Lipinski definition) is 13. The molecule has 6 rings (SSSR count). The summed E-state index contributed by atoms with van der Waals surface area (Å²) in [5, 5.41) is 16.6. The van der Waals surface area contributed by atoms with Gasteiger partial charge in [-0.2, -0.15) is 0 Å². The minimum absolute atomic E-state index is 0.0470. The van der Waals surface area contributed by atoms with Gasteiger partial charge in [0, 0.05) is 79.7 Å². The highest BCUT2D eigenvalue weighted by Crippen LogP contribution is 2.43. The number of carboxylic acid groups (broad SMARTS) is 1. The first-order chi connectivity index (χ1) is 37.4. The van der Waals surface area contributed by atoms with Crippen LogP contribution in [0.15, 0.2) is 72.1 Å². The summed E-state index contributed by atoms with van der Waals surface area (Å²) in [7, 11) is -0.0126. The summed E-state index contributed by atoms with van der Waals surface area (Å²) >= 11 is 0. The number of methoxy groups -OCH3 is 2. The number of allylic oxidation sites excluding steroid dienone is 3. The number of amides is 7. The number of carbonyl (C=O) groups excluding carboxylic acids is 6. The lowest BCUT2D eigenvalue weighted by Crippen LogP contribution is -2.54. The smallest absolute Gasteiger partial charge is 0.405 e. The highest BCUT2D eigenvalue weighted by atomic mass is 28.3. The van der Waals surface area contributed by atoms with Gasteiger partial charge in [0.25, 0.3) is 23.6 Å². The van der Waals surface area contributed by atoms with E-state index >= 15 is 0 Å². The maximum Gasteiger partial charge on any atom is 0.405 e. The average Bonchev–Trinajstić information content (AvgIpc) is 4.04. The van der Waals surface area contributed by atoms with Crippen molar-refractivity contribution in [1.82, 2.24) is 25.8 Å². The van der Waals surface area contributed by atoms with Crippen LogP contribution in [0.2, 0.25) is 51.4 Å². The second-order valence-electron chi connectivity index (χ2n) is 22.6. The first-order valence-electron chi connectivity index (χ1n) is 26.8. The third-order valence-corrected chi connectivity index (χ3v) is 17.0. The SMILES string of the molecule is CC=CC1=CN2C(=O)c3cc(OC)c(OCCCOc4cc5c(cc4OC)C(=O)N4C=C(C=CCNC(=O)[C@H](C)NC(=O)[C@@H](NC(=O)O)C(C)C)C[C@H]4C(=O)N5COCC[Si](C)(C)C)cc3N(COCC[Si](C)(C)C)C(=O)[C@@H]2C1. The van der Waals surface area contributed by atoms with Crippen molar-refractivity contribution >= 4 is 69.1 Å². The van der Waals surface area contributed by atoms with Gasteiger partial charge in [-0.05, 0) is 55.1 Å². The van der Waals surface area contributed by atoms with Crippen molar-refractivity contribution in [2.24, 2.45) is 5.92 Å². The van der Waals surface area contributed by atoms with Crippen LogP contribution in [0.1, 0.15) is 67.7 Å². The molecule has 4 heterocycles. The van der Waals surface area contributed by atoms with Gasteiger partial charge in [-0.25, -0.2) is 4.79 Å². The zero-order valence-corrected chi connectivity index (χ0v) is 49.7. The molecule has 4 atom stereocenters. The molecule has 0 fully saturated rings. The van der Waals surface area contributed by atoms with Gasteiger partial charge in [-0.1, -0.05) is 77.4 Å². The zero-order valence-electron chi connectivity index (χ0n) is 47.7. The van der Waals surface area contributed by atoms with Crippen molar-refractivity contribution in [1.29, 1.82) is 0 Å². The van der Waals surface area contributed by atoms with Gasteiger partial charge in [0.1, 0.15) is 37.6 Å². The van der Waals surface area contributed by atoms with E-state index in [-0.39, 0.29) is 85.9 Å². The Hall–Kier alpha value is -6.96. The van der Waals surface area contributed by atoms with E-state index < -0.39 is 64.1 Å². The van der Waals surface area contributed by atoms with Crippen molar-refractivity contribution in [2.45, 2.75) is 122 Å². The topological polar surface area (TPSA) is 244 Å². The van der Waals surface area contributed by atoms with Crippen molar-refractivity contribution in [2.75, 3.05) is 70.5 Å². The van der Waals surface area contributed by atoms with Crippen LogP contribution in [-0.4, -0.2) is 157 Å². The molecule has 0 saturated carbocycles. The monoisotopic (exact) mass is 1130 g/mol. The molecule has 23 heteroatoms. The van der Waals surface area contributed by atoms with E-state index in [1.165, 1.54) is 40.7 Å². The molecule has 0 unspecified atom stereocenters. The van der Waals surface area contributed by atoms with Crippen LogP contribution in [-0.2, 0) is 28.7 Å². The number of nitrogens with one attached hydrogen (secondary N) is 3. The van der Waals surface area contributed by atoms with Crippen molar-refractivity contribution in [3.8, 4) is 23.0 Å². The first-order valence-corrected chi connectivity index (χ1v) is 34.2. The van der Waals surface area contributed by atoms with Gasteiger partial charge < -0.3 is 59.3 Å². The van der Waals surface area contributed by atoms with Gasteiger partial charge in [0.05, 0.1) is 49.9 Å². The lowest BCUT2D eigenvalue weighted by Gasteiger charge is -2.27. The Labute approximate surface area is 465 Å². The number of carbonyl (C=O) groups is 7. The molecule has 0 saturated heterocycles. The Morgan fingerprint density at radius 2 is 1.14 bits per heavy atom. The maximum absolute atomic E-state index is 14.6. The molecular weight excluding hydrogens is 1050 g/mol. The Morgan fingerprint density at radius 3 is 1.56 bits per heavy atom. The summed E-state index contributed by atoms with van der Waals surface area (Å²) in [6, 6.07) is 4.51. The van der Waals surface area contributed by atoms with Gasteiger partial charge >= 0.3 is 6.09 Å². The number of nitrogens with zero attached hydrogens (tertiary/aromatic N) is 4. The van der Waals surface area contributed by atoms with E-state index in [1.807, 2.05) is 19.1 Å². The predicted molar refractivity (Wildman–Crippen MR) is 304 cm³/mol. The fourth-order valence-corrected chi connectivity index (χ4v) is 10.7. The Bertz CT molecular complexity index is 2750. The van der Waals surface area contributed by atoms with E-state index in [2.05, 4.69) is 55.2 Å². The second kappa shape index (κ2) is 26.8. The molecule has 2 aromatic carbocycles. The van der Waals surface area contributed by atoms with E-state index in [9.17, 15) is 33.6 Å². The van der Waals surface area contributed by atoms with Crippen LogP contribution >= 0.6 is 0 Å². The summed E-state index contributed by atoms with van der Waals surface area (Å²) in [6.07, 6.45) is 10.0. The van der Waals surface area contributed by atoms with Crippen LogP contribution < -0.4 is 44.7 Å². The van der Waals surface area contributed by atoms with Gasteiger partial charge in [0.2, 0.25) is 11.8 Å². The fourth-order valence-electron chi connectivity index (χ4n) is 9.16. The number of anilines is 2. The Balaban J connectivity index is 1.17. The molecule has 4 N–H and O–H groups in total. The second-order valence-corrected chi connectivity index (χ2v) is 33.9. The van der Waals surface area contributed by atoms with E-state index in [0.29, 0.717) is 54.5 Å². The first kappa shape index (κ1) is 61.3. The molecule has 21 nitrogen and oxygen atoms in total. The molecule has 0 aliphatic carbocycles. The third-order valence-electron chi connectivity index (χ3n) is 13.6. The quantitative estimate of drug-likeness (QED) is 0.0515. The van der Waals surface area contributed by atoms with Crippen molar-refractivity contribution in [3.63, 3.8) is 0 Å². The number of fused-ring (bicyclic) bond motifs is 4. The largest absolute Gasteiger partial charge is 0.493 e. The molecule has 2 aromatic rings. The lowest BCUT2D eigenvalue weighted by molar-refractivity contribution is -0.130. The highest BCUT2D eigenvalue weighted by molar-refractivity contribution is 6.76. The van der Waals surface area contributed by atoms with Gasteiger partial charge in [0.15, 0.2) is 23.0 Å². The number of ether oxygens (including phenoxy) is 6. The minimum atomic E-state index is -1.51. The standard InChI is InChI=1S/C56H79N7O14Si2/c1-13-16-37-25-43-54(68)62(33-74-21-23-78(7,8)9)41-29-47(45(72-5)27-39(41)52(66)60(43)31-37)76-19-15-20-77-48-30-42-40(28-46(48)73-6)53(67)61-32-38(26-44(61)55(69)63(42)34-75-22-24-79(10,11)12)17-14-18-57-50(64)36(4)58-51(65)49(35(2)3)59-56(70)71/h13-14,16-17,27-32,35-36,43-44,49,59H,15,18-26,33-34H2,1-12H3,(H,57,64)(H,58,65)(H,70,71)/t36-,43-,44-,49-/m0/s1. The Morgan fingerprint density at radius 1 is 0.671 bits per heavy atom. The highest BCUT2D eigenvalue weighted by Gasteiger charge is 2.45. The summed E-state index contributed by atoms with van der Waals surface area (Å²) in [4.78, 5) is 100. The predicted octanol–water partition coefficient (Wildman–Crippen LogP) is 7.11. The number of rotatable bonds is 27. The number of benzene rings is 2. The molecule has 0 aromatic heterocycles. The van der Waals surface area contributed by atoms with E-state index in [0.717, 1.165) is 17.7 Å². The van der Waals surface area contributed by atoms with Crippen LogP contribution in [0.3, 0.4) is 0 Å². The normalized spacial score (nSPS) is 18.1. The molecule has 7 amide bonds. The van der Waals surface area contributed by atoms with Crippen LogP contribution in [0, 0.1) is 5.92 Å². The molecule has 0 bridgehead atoms. The van der Waals surface area contributed by atoms with Gasteiger partial charge in [-0.3, -0.25) is 38.6 Å². The third kappa shape index (κ3) is 15.7. The molecule has 0 spiro atoms. The van der Waals surface area contributed by atoms with E-state index in [4.69, 9.17) is 33.5 Å².